The van der Waals surface area contributed by atoms with Crippen LogP contribution in [-0.2, 0) is 0 Å². The molecule has 0 aliphatic carbocycles. The molecule has 0 amide bonds. The Kier molecular flexibility index (Phi) is 3.30. The average molecular weight is 242 g/mol. The van der Waals surface area contributed by atoms with E-state index in [1.807, 2.05) is 33.0 Å². The molecule has 0 fully saturated rings. The topological polar surface area (TPSA) is 77.8 Å². The van der Waals surface area contributed by atoms with Crippen LogP contribution in [0.25, 0.3) is 0 Å². The zero-order valence-corrected chi connectivity index (χ0v) is 10.9. The summed E-state index contributed by atoms with van der Waals surface area (Å²) >= 11 is 0. The van der Waals surface area contributed by atoms with Crippen LogP contribution in [0.2, 0.25) is 0 Å². The maximum atomic E-state index is 6.25. The summed E-state index contributed by atoms with van der Waals surface area (Å²) in [6.07, 6.45) is 3.56. The Morgan fingerprint density at radius 2 is 1.61 bits per heavy atom. The van der Waals surface area contributed by atoms with Gasteiger partial charge in [-0.05, 0) is 43.5 Å². The highest BCUT2D eigenvalue weighted by Crippen LogP contribution is 2.25. The van der Waals surface area contributed by atoms with Crippen molar-refractivity contribution in [3.05, 3.63) is 52.5 Å². The standard InChI is InChI=1S/C14H18N4/c1-8-4-10(3)13(17-6-8)12(15)11-5-9(2)7-18-14(11)16/h4-7,12H,15H2,1-3H3,(H2,16,18). The first-order chi connectivity index (χ1) is 8.49. The molecule has 0 saturated carbocycles. The van der Waals surface area contributed by atoms with E-state index < -0.39 is 0 Å². The van der Waals surface area contributed by atoms with Gasteiger partial charge in [0.15, 0.2) is 0 Å². The Labute approximate surface area is 107 Å². The first-order valence-electron chi connectivity index (χ1n) is 5.90. The fourth-order valence-corrected chi connectivity index (χ4v) is 2.05. The van der Waals surface area contributed by atoms with Crippen LogP contribution in [0.4, 0.5) is 5.82 Å². The van der Waals surface area contributed by atoms with Crippen LogP contribution in [0.1, 0.15) is 34.0 Å². The molecule has 2 aromatic heterocycles. The number of anilines is 1. The summed E-state index contributed by atoms with van der Waals surface area (Å²) in [5.74, 6) is 0.467. The zero-order chi connectivity index (χ0) is 13.3. The van der Waals surface area contributed by atoms with E-state index in [9.17, 15) is 0 Å². The van der Waals surface area contributed by atoms with E-state index in [1.54, 1.807) is 6.20 Å². The molecule has 0 aliphatic heterocycles. The molecular formula is C14H18N4. The smallest absolute Gasteiger partial charge is 0.128 e. The fraction of sp³-hybridized carbons (Fsp3) is 0.286. The molecule has 4 nitrogen and oxygen atoms in total. The third-order valence-corrected chi connectivity index (χ3v) is 2.97. The van der Waals surface area contributed by atoms with Crippen LogP contribution in [0.5, 0.6) is 0 Å². The van der Waals surface area contributed by atoms with Crippen LogP contribution in [-0.4, -0.2) is 9.97 Å². The summed E-state index contributed by atoms with van der Waals surface area (Å²) < 4.78 is 0. The quantitative estimate of drug-likeness (QED) is 0.844. The molecule has 2 rings (SSSR count). The Morgan fingerprint density at radius 1 is 1.00 bits per heavy atom. The number of nitrogens with zero attached hydrogens (tertiary/aromatic N) is 2. The number of nitrogen functional groups attached to an aromatic ring is 1. The summed E-state index contributed by atoms with van der Waals surface area (Å²) in [5.41, 5.74) is 17.1. The molecule has 4 heteroatoms. The molecule has 1 atom stereocenters. The second-order valence-corrected chi connectivity index (χ2v) is 4.68. The molecular weight excluding hydrogens is 224 g/mol. The lowest BCUT2D eigenvalue weighted by Gasteiger charge is -2.16. The Balaban J connectivity index is 2.47. The number of rotatable bonds is 2. The van der Waals surface area contributed by atoms with Gasteiger partial charge in [0.2, 0.25) is 0 Å². The van der Waals surface area contributed by atoms with E-state index in [0.717, 1.165) is 27.9 Å². The summed E-state index contributed by atoms with van der Waals surface area (Å²) in [6, 6.07) is 3.70. The lowest BCUT2D eigenvalue weighted by Crippen LogP contribution is -2.17. The van der Waals surface area contributed by atoms with Gasteiger partial charge in [-0.1, -0.05) is 6.07 Å². The van der Waals surface area contributed by atoms with Crippen molar-refractivity contribution in [3.8, 4) is 0 Å². The van der Waals surface area contributed by atoms with E-state index in [0.29, 0.717) is 5.82 Å². The number of nitrogens with two attached hydrogens (primary N) is 2. The van der Waals surface area contributed by atoms with Crippen LogP contribution >= 0.6 is 0 Å². The number of aromatic nitrogens is 2. The number of hydrogen-bond acceptors (Lipinski definition) is 4. The first-order valence-corrected chi connectivity index (χ1v) is 5.90. The number of pyridine rings is 2. The highest BCUT2D eigenvalue weighted by molar-refractivity contribution is 5.47. The van der Waals surface area contributed by atoms with Crippen molar-refractivity contribution in [1.29, 1.82) is 0 Å². The highest BCUT2D eigenvalue weighted by Gasteiger charge is 2.16. The molecule has 0 saturated heterocycles. The second-order valence-electron chi connectivity index (χ2n) is 4.68. The van der Waals surface area contributed by atoms with Crippen molar-refractivity contribution in [2.75, 3.05) is 5.73 Å². The van der Waals surface area contributed by atoms with Crippen molar-refractivity contribution < 1.29 is 0 Å². The molecule has 94 valence electrons. The van der Waals surface area contributed by atoms with Gasteiger partial charge in [0.05, 0.1) is 11.7 Å². The van der Waals surface area contributed by atoms with E-state index in [2.05, 4.69) is 16.0 Å². The largest absolute Gasteiger partial charge is 0.383 e. The van der Waals surface area contributed by atoms with Crippen molar-refractivity contribution in [2.45, 2.75) is 26.8 Å². The van der Waals surface area contributed by atoms with Crippen LogP contribution < -0.4 is 11.5 Å². The maximum Gasteiger partial charge on any atom is 0.128 e. The van der Waals surface area contributed by atoms with Crippen molar-refractivity contribution in [3.63, 3.8) is 0 Å². The molecule has 0 bridgehead atoms. The van der Waals surface area contributed by atoms with E-state index in [1.165, 1.54) is 0 Å². The Morgan fingerprint density at radius 3 is 2.28 bits per heavy atom. The van der Waals surface area contributed by atoms with Gasteiger partial charge in [0.1, 0.15) is 5.82 Å². The third-order valence-electron chi connectivity index (χ3n) is 2.97. The Bertz CT molecular complexity index is 578. The minimum atomic E-state index is -0.335. The van der Waals surface area contributed by atoms with E-state index >= 15 is 0 Å². The monoisotopic (exact) mass is 242 g/mol. The summed E-state index contributed by atoms with van der Waals surface area (Å²) in [4.78, 5) is 8.56. The van der Waals surface area contributed by atoms with E-state index in [-0.39, 0.29) is 6.04 Å². The molecule has 2 aromatic rings. The third kappa shape index (κ3) is 2.33. The maximum absolute atomic E-state index is 6.25. The van der Waals surface area contributed by atoms with E-state index in [4.69, 9.17) is 11.5 Å². The van der Waals surface area contributed by atoms with Gasteiger partial charge >= 0.3 is 0 Å². The molecule has 2 heterocycles. The lowest BCUT2D eigenvalue weighted by molar-refractivity contribution is 0.812. The summed E-state index contributed by atoms with van der Waals surface area (Å²) in [5, 5.41) is 0. The normalized spacial score (nSPS) is 12.4. The summed E-state index contributed by atoms with van der Waals surface area (Å²) in [7, 11) is 0. The van der Waals surface area contributed by atoms with Crippen molar-refractivity contribution in [1.82, 2.24) is 9.97 Å². The molecule has 4 N–H and O–H groups in total. The zero-order valence-electron chi connectivity index (χ0n) is 10.9. The van der Waals surface area contributed by atoms with Gasteiger partial charge < -0.3 is 11.5 Å². The van der Waals surface area contributed by atoms with Gasteiger partial charge in [0.25, 0.3) is 0 Å². The number of hydrogen-bond donors (Lipinski definition) is 2. The molecule has 0 aromatic carbocycles. The molecule has 0 radical (unpaired) electrons. The van der Waals surface area contributed by atoms with Gasteiger partial charge in [-0.2, -0.15) is 0 Å². The minimum Gasteiger partial charge on any atom is -0.383 e. The minimum absolute atomic E-state index is 0.335. The van der Waals surface area contributed by atoms with Crippen LogP contribution in [0, 0.1) is 20.8 Å². The highest BCUT2D eigenvalue weighted by atomic mass is 14.9. The average Bonchev–Trinajstić information content (AvgIpc) is 2.31. The van der Waals surface area contributed by atoms with Crippen LogP contribution in [0.3, 0.4) is 0 Å². The number of aryl methyl sites for hydroxylation is 3. The van der Waals surface area contributed by atoms with Crippen LogP contribution in [0.15, 0.2) is 24.5 Å². The molecule has 0 aliphatic rings. The first kappa shape index (κ1) is 12.5. The SMILES string of the molecule is Cc1cnc(C(N)c2cc(C)cnc2N)c(C)c1. The molecule has 0 spiro atoms. The van der Waals surface area contributed by atoms with Gasteiger partial charge in [-0.15, -0.1) is 0 Å². The predicted octanol–water partition coefficient (Wildman–Crippen LogP) is 2.03. The Hall–Kier alpha value is -1.94. The molecule has 18 heavy (non-hydrogen) atoms. The molecule has 1 unspecified atom stereocenters. The summed E-state index contributed by atoms with van der Waals surface area (Å²) in [6.45, 7) is 5.99. The van der Waals surface area contributed by atoms with Crippen molar-refractivity contribution in [2.24, 2.45) is 5.73 Å². The van der Waals surface area contributed by atoms with Gasteiger partial charge in [0, 0.05) is 18.0 Å². The lowest BCUT2D eigenvalue weighted by atomic mass is 9.99. The fourth-order valence-electron chi connectivity index (χ4n) is 2.05. The van der Waals surface area contributed by atoms with Crippen molar-refractivity contribution >= 4 is 5.82 Å². The predicted molar refractivity (Wildman–Crippen MR) is 73.1 cm³/mol. The second kappa shape index (κ2) is 4.74. The van der Waals surface area contributed by atoms with Gasteiger partial charge in [-0.25, -0.2) is 4.98 Å². The van der Waals surface area contributed by atoms with Gasteiger partial charge in [-0.3, -0.25) is 4.98 Å².